The number of ether oxygens (including phenoxy) is 4. The summed E-state index contributed by atoms with van der Waals surface area (Å²) in [5.41, 5.74) is 2.50. The van der Waals surface area contributed by atoms with Gasteiger partial charge in [0.1, 0.15) is 0 Å². The molecule has 2 aromatic rings. The average molecular weight is 415 g/mol. The highest BCUT2D eigenvalue weighted by Crippen LogP contribution is 2.38. The standard InChI is InChI=1S/C23H29NO6/c1-6-15(2)17-7-9-18(10-8-17)24-21(25)14-30-22(26)13-16-11-19(27-3)23(29-5)20(12-16)28-4/h7-12,15H,6,13-14H2,1-5H3,(H,24,25)/t15-/m0/s1. The third-order valence-corrected chi connectivity index (χ3v) is 4.81. The number of carbonyl (C=O) groups excluding carboxylic acids is 2. The molecule has 1 amide bonds. The summed E-state index contributed by atoms with van der Waals surface area (Å²) in [7, 11) is 4.50. The highest BCUT2D eigenvalue weighted by atomic mass is 16.5. The van der Waals surface area contributed by atoms with Crippen LogP contribution in [0.4, 0.5) is 5.69 Å². The van der Waals surface area contributed by atoms with Crippen molar-refractivity contribution < 1.29 is 28.5 Å². The van der Waals surface area contributed by atoms with Crippen LogP contribution in [0.25, 0.3) is 0 Å². The predicted molar refractivity (Wildman–Crippen MR) is 115 cm³/mol. The summed E-state index contributed by atoms with van der Waals surface area (Å²) in [4.78, 5) is 24.2. The molecule has 0 fully saturated rings. The van der Waals surface area contributed by atoms with Gasteiger partial charge in [-0.25, -0.2) is 0 Å². The van der Waals surface area contributed by atoms with Crippen molar-refractivity contribution in [3.63, 3.8) is 0 Å². The molecule has 2 rings (SSSR count). The number of hydrogen-bond donors (Lipinski definition) is 1. The van der Waals surface area contributed by atoms with Crippen LogP contribution in [0.5, 0.6) is 17.2 Å². The first-order valence-electron chi connectivity index (χ1n) is 9.76. The zero-order chi connectivity index (χ0) is 22.1. The monoisotopic (exact) mass is 415 g/mol. The van der Waals surface area contributed by atoms with E-state index in [-0.39, 0.29) is 13.0 Å². The fraction of sp³-hybridized carbons (Fsp3) is 0.391. The molecule has 0 aliphatic heterocycles. The molecule has 1 N–H and O–H groups in total. The zero-order valence-electron chi connectivity index (χ0n) is 18.1. The Morgan fingerprint density at radius 3 is 2.07 bits per heavy atom. The van der Waals surface area contributed by atoms with Crippen LogP contribution in [-0.4, -0.2) is 39.8 Å². The molecular formula is C23H29NO6. The molecule has 0 aliphatic carbocycles. The lowest BCUT2D eigenvalue weighted by molar-refractivity contribution is -0.146. The number of rotatable bonds is 10. The molecule has 0 heterocycles. The van der Waals surface area contributed by atoms with Gasteiger partial charge < -0.3 is 24.3 Å². The van der Waals surface area contributed by atoms with Crippen LogP contribution in [0.3, 0.4) is 0 Å². The lowest BCUT2D eigenvalue weighted by atomic mass is 9.99. The number of amides is 1. The average Bonchev–Trinajstić information content (AvgIpc) is 2.76. The molecule has 0 aromatic heterocycles. The summed E-state index contributed by atoms with van der Waals surface area (Å²) >= 11 is 0. The van der Waals surface area contributed by atoms with E-state index in [1.807, 2.05) is 24.3 Å². The second kappa shape index (κ2) is 11.1. The van der Waals surface area contributed by atoms with Crippen LogP contribution in [0.1, 0.15) is 37.3 Å². The third-order valence-electron chi connectivity index (χ3n) is 4.81. The van der Waals surface area contributed by atoms with Gasteiger partial charge in [0.15, 0.2) is 18.1 Å². The maximum atomic E-state index is 12.2. The molecule has 1 atom stereocenters. The Morgan fingerprint density at radius 1 is 0.967 bits per heavy atom. The molecule has 2 aromatic carbocycles. The zero-order valence-corrected chi connectivity index (χ0v) is 18.1. The van der Waals surface area contributed by atoms with Crippen LogP contribution in [0.15, 0.2) is 36.4 Å². The Bertz CT molecular complexity index is 837. The number of benzene rings is 2. The molecule has 7 heteroatoms. The van der Waals surface area contributed by atoms with Crippen LogP contribution < -0.4 is 19.5 Å². The third kappa shape index (κ3) is 6.14. The first-order valence-corrected chi connectivity index (χ1v) is 9.76. The molecule has 30 heavy (non-hydrogen) atoms. The summed E-state index contributed by atoms with van der Waals surface area (Å²) in [5.74, 6) is 0.856. The molecule has 7 nitrogen and oxygen atoms in total. The summed E-state index contributed by atoms with van der Waals surface area (Å²) in [6, 6.07) is 11.0. The Kier molecular flexibility index (Phi) is 8.53. The van der Waals surface area contributed by atoms with Gasteiger partial charge in [-0.15, -0.1) is 0 Å². The second-order valence-electron chi connectivity index (χ2n) is 6.85. The minimum absolute atomic E-state index is 0.0341. The van der Waals surface area contributed by atoms with E-state index >= 15 is 0 Å². The molecule has 0 saturated carbocycles. The van der Waals surface area contributed by atoms with Crippen molar-refractivity contribution in [3.05, 3.63) is 47.5 Å². The highest BCUT2D eigenvalue weighted by molar-refractivity contribution is 5.92. The van der Waals surface area contributed by atoms with Crippen molar-refractivity contribution in [2.24, 2.45) is 0 Å². The quantitative estimate of drug-likeness (QED) is 0.592. The molecule has 0 aliphatic rings. The lowest BCUT2D eigenvalue weighted by Crippen LogP contribution is -2.21. The van der Waals surface area contributed by atoms with Gasteiger partial charge in [0.05, 0.1) is 27.8 Å². The molecule has 0 spiro atoms. The van der Waals surface area contributed by atoms with Gasteiger partial charge in [-0.1, -0.05) is 26.0 Å². The number of anilines is 1. The van der Waals surface area contributed by atoms with Crippen molar-refractivity contribution in [1.82, 2.24) is 0 Å². The van der Waals surface area contributed by atoms with E-state index in [1.54, 1.807) is 12.1 Å². The maximum absolute atomic E-state index is 12.2. The van der Waals surface area contributed by atoms with E-state index in [0.717, 1.165) is 6.42 Å². The van der Waals surface area contributed by atoms with Crippen molar-refractivity contribution in [2.45, 2.75) is 32.6 Å². The van der Waals surface area contributed by atoms with Crippen LogP contribution in [0, 0.1) is 0 Å². The van der Waals surface area contributed by atoms with E-state index in [2.05, 4.69) is 19.2 Å². The highest BCUT2D eigenvalue weighted by Gasteiger charge is 2.16. The fourth-order valence-electron chi connectivity index (χ4n) is 2.93. The van der Waals surface area contributed by atoms with Gasteiger partial charge in [0.2, 0.25) is 5.75 Å². The van der Waals surface area contributed by atoms with Gasteiger partial charge in [-0.2, -0.15) is 0 Å². The van der Waals surface area contributed by atoms with E-state index in [1.165, 1.54) is 26.9 Å². The SMILES string of the molecule is CC[C@H](C)c1ccc(NC(=O)COC(=O)Cc2cc(OC)c(OC)c(OC)c2)cc1. The Labute approximate surface area is 177 Å². The smallest absolute Gasteiger partial charge is 0.310 e. The summed E-state index contributed by atoms with van der Waals surface area (Å²) < 4.78 is 20.9. The summed E-state index contributed by atoms with van der Waals surface area (Å²) in [5, 5.41) is 2.72. The number of esters is 1. The van der Waals surface area contributed by atoms with Gasteiger partial charge in [-0.3, -0.25) is 9.59 Å². The molecule has 0 saturated heterocycles. The minimum atomic E-state index is -0.536. The first-order chi connectivity index (χ1) is 14.4. The topological polar surface area (TPSA) is 83.1 Å². The first kappa shape index (κ1) is 23.1. The van der Waals surface area contributed by atoms with Crippen LogP contribution in [0.2, 0.25) is 0 Å². The largest absolute Gasteiger partial charge is 0.493 e. The van der Waals surface area contributed by atoms with Crippen LogP contribution in [-0.2, 0) is 20.7 Å². The summed E-state index contributed by atoms with van der Waals surface area (Å²) in [6.45, 7) is 3.92. The fourth-order valence-corrected chi connectivity index (χ4v) is 2.93. The van der Waals surface area contributed by atoms with E-state index in [0.29, 0.717) is 34.4 Å². The van der Waals surface area contributed by atoms with E-state index in [4.69, 9.17) is 18.9 Å². The number of nitrogens with one attached hydrogen (secondary N) is 1. The van der Waals surface area contributed by atoms with Gasteiger partial charge in [0.25, 0.3) is 5.91 Å². The Morgan fingerprint density at radius 2 is 1.57 bits per heavy atom. The number of carbonyl (C=O) groups is 2. The molecule has 0 unspecified atom stereocenters. The lowest BCUT2D eigenvalue weighted by Gasteiger charge is -2.14. The van der Waals surface area contributed by atoms with E-state index in [9.17, 15) is 9.59 Å². The molecule has 0 radical (unpaired) electrons. The van der Waals surface area contributed by atoms with Gasteiger partial charge in [0, 0.05) is 5.69 Å². The Hall–Kier alpha value is -3.22. The maximum Gasteiger partial charge on any atom is 0.310 e. The number of hydrogen-bond acceptors (Lipinski definition) is 6. The van der Waals surface area contributed by atoms with E-state index < -0.39 is 11.9 Å². The molecular weight excluding hydrogens is 386 g/mol. The minimum Gasteiger partial charge on any atom is -0.493 e. The van der Waals surface area contributed by atoms with Crippen molar-refractivity contribution in [1.29, 1.82) is 0 Å². The van der Waals surface area contributed by atoms with Crippen molar-refractivity contribution in [3.8, 4) is 17.2 Å². The predicted octanol–water partition coefficient (Wildman–Crippen LogP) is 3.95. The van der Waals surface area contributed by atoms with Crippen LogP contribution >= 0.6 is 0 Å². The molecule has 162 valence electrons. The van der Waals surface area contributed by atoms with Gasteiger partial charge in [-0.05, 0) is 47.7 Å². The Balaban J connectivity index is 1.90. The summed E-state index contributed by atoms with van der Waals surface area (Å²) in [6.07, 6.45) is 1.02. The molecule has 0 bridgehead atoms. The normalized spacial score (nSPS) is 11.4. The number of methoxy groups -OCH3 is 3. The van der Waals surface area contributed by atoms with Crippen molar-refractivity contribution >= 4 is 17.6 Å². The van der Waals surface area contributed by atoms with Crippen molar-refractivity contribution in [2.75, 3.05) is 33.3 Å². The van der Waals surface area contributed by atoms with Gasteiger partial charge >= 0.3 is 5.97 Å². The second-order valence-corrected chi connectivity index (χ2v) is 6.85.